The molecule has 29 heavy (non-hydrogen) atoms. The standard InChI is InChI=1S/C23H22N4OS/c1-27-19-12-6-4-10-17(19)25-21(27)14-24-22(28)15-8-2-3-9-16(15)23-26-18-11-5-7-13-20(18)29-23/h2-7,10-13,15-16H,8-9,14H2,1H3,(H,24,28). The number of para-hydroxylation sites is 3. The molecule has 4 aromatic rings. The molecule has 1 amide bonds. The van der Waals surface area contributed by atoms with E-state index in [2.05, 4.69) is 28.5 Å². The molecule has 2 aromatic carbocycles. The van der Waals surface area contributed by atoms with Crippen molar-refractivity contribution in [3.8, 4) is 0 Å². The van der Waals surface area contributed by atoms with Crippen molar-refractivity contribution in [1.82, 2.24) is 19.9 Å². The number of nitrogens with zero attached hydrogens (tertiary/aromatic N) is 3. The number of benzene rings is 2. The fourth-order valence-corrected chi connectivity index (χ4v) is 5.22. The molecule has 0 radical (unpaired) electrons. The predicted molar refractivity (Wildman–Crippen MR) is 117 cm³/mol. The third kappa shape index (κ3) is 3.34. The summed E-state index contributed by atoms with van der Waals surface area (Å²) in [5, 5.41) is 4.18. The van der Waals surface area contributed by atoms with Gasteiger partial charge in [0.15, 0.2) is 0 Å². The smallest absolute Gasteiger partial charge is 0.224 e. The minimum atomic E-state index is -0.102. The summed E-state index contributed by atoms with van der Waals surface area (Å²) in [5.41, 5.74) is 3.04. The average molecular weight is 403 g/mol. The topological polar surface area (TPSA) is 59.8 Å². The summed E-state index contributed by atoms with van der Waals surface area (Å²) in [6, 6.07) is 16.2. The number of fused-ring (bicyclic) bond motifs is 2. The van der Waals surface area contributed by atoms with Crippen molar-refractivity contribution < 1.29 is 4.79 Å². The highest BCUT2D eigenvalue weighted by Crippen LogP contribution is 2.38. The molecular weight excluding hydrogens is 380 g/mol. The zero-order valence-corrected chi connectivity index (χ0v) is 17.0. The van der Waals surface area contributed by atoms with Crippen LogP contribution in [0.2, 0.25) is 0 Å². The Morgan fingerprint density at radius 2 is 1.83 bits per heavy atom. The number of nitrogens with one attached hydrogen (secondary N) is 1. The molecule has 1 aliphatic carbocycles. The molecule has 5 rings (SSSR count). The third-order valence-corrected chi connectivity index (χ3v) is 6.87. The van der Waals surface area contributed by atoms with Crippen LogP contribution in [0.4, 0.5) is 0 Å². The van der Waals surface area contributed by atoms with Crippen LogP contribution < -0.4 is 5.32 Å². The number of imidazole rings is 1. The summed E-state index contributed by atoms with van der Waals surface area (Å²) in [4.78, 5) is 22.6. The first kappa shape index (κ1) is 18.1. The zero-order chi connectivity index (χ0) is 19.8. The normalized spacial score (nSPS) is 19.1. The van der Waals surface area contributed by atoms with E-state index in [4.69, 9.17) is 4.98 Å². The molecule has 2 atom stereocenters. The number of carbonyl (C=O) groups is 1. The molecule has 0 spiro atoms. The second-order valence-corrected chi connectivity index (χ2v) is 8.53. The summed E-state index contributed by atoms with van der Waals surface area (Å²) in [6.45, 7) is 0.427. The van der Waals surface area contributed by atoms with Crippen LogP contribution in [0.5, 0.6) is 0 Å². The largest absolute Gasteiger partial charge is 0.349 e. The van der Waals surface area contributed by atoms with Gasteiger partial charge in [0.05, 0.1) is 38.7 Å². The average Bonchev–Trinajstić information content (AvgIpc) is 3.33. The van der Waals surface area contributed by atoms with Gasteiger partial charge in [-0.3, -0.25) is 4.79 Å². The van der Waals surface area contributed by atoms with E-state index < -0.39 is 0 Å². The molecule has 2 heterocycles. The summed E-state index contributed by atoms with van der Waals surface area (Å²) in [5.74, 6) is 0.959. The highest BCUT2D eigenvalue weighted by molar-refractivity contribution is 7.18. The Balaban J connectivity index is 1.35. The summed E-state index contributed by atoms with van der Waals surface area (Å²) in [7, 11) is 1.99. The SMILES string of the molecule is Cn1c(CNC(=O)C2CC=CCC2c2nc3ccccc3s2)nc2ccccc21. The van der Waals surface area contributed by atoms with Crippen molar-refractivity contribution in [2.75, 3.05) is 0 Å². The van der Waals surface area contributed by atoms with Crippen LogP contribution in [-0.4, -0.2) is 20.4 Å². The summed E-state index contributed by atoms with van der Waals surface area (Å²) >= 11 is 1.70. The van der Waals surface area contributed by atoms with Gasteiger partial charge in [-0.2, -0.15) is 0 Å². The Kier molecular flexibility index (Phi) is 4.64. The van der Waals surface area contributed by atoms with Crippen molar-refractivity contribution in [2.45, 2.75) is 25.3 Å². The fraction of sp³-hybridized carbons (Fsp3) is 0.261. The lowest BCUT2D eigenvalue weighted by atomic mass is 9.82. The lowest BCUT2D eigenvalue weighted by Crippen LogP contribution is -2.35. The number of amides is 1. The van der Waals surface area contributed by atoms with Crippen molar-refractivity contribution in [2.24, 2.45) is 13.0 Å². The number of aromatic nitrogens is 3. The molecule has 2 unspecified atom stereocenters. The highest BCUT2D eigenvalue weighted by atomic mass is 32.1. The number of carbonyl (C=O) groups excluding carboxylic acids is 1. The number of aryl methyl sites for hydroxylation is 1. The fourth-order valence-electron chi connectivity index (χ4n) is 4.08. The van der Waals surface area contributed by atoms with Crippen LogP contribution in [0.25, 0.3) is 21.3 Å². The van der Waals surface area contributed by atoms with Crippen LogP contribution in [0, 0.1) is 5.92 Å². The van der Waals surface area contributed by atoms with E-state index in [0.717, 1.165) is 40.2 Å². The van der Waals surface area contributed by atoms with Crippen LogP contribution in [0.1, 0.15) is 29.6 Å². The van der Waals surface area contributed by atoms with Gasteiger partial charge in [0, 0.05) is 13.0 Å². The monoisotopic (exact) mass is 402 g/mol. The Morgan fingerprint density at radius 1 is 1.07 bits per heavy atom. The van der Waals surface area contributed by atoms with Gasteiger partial charge >= 0.3 is 0 Å². The molecule has 0 saturated heterocycles. The second kappa shape index (κ2) is 7.44. The van der Waals surface area contributed by atoms with E-state index in [0.29, 0.717) is 6.54 Å². The molecule has 0 fully saturated rings. The van der Waals surface area contributed by atoms with E-state index in [1.807, 2.05) is 54.1 Å². The quantitative estimate of drug-likeness (QED) is 0.510. The van der Waals surface area contributed by atoms with Crippen molar-refractivity contribution >= 4 is 38.5 Å². The molecule has 0 aliphatic heterocycles. The minimum absolute atomic E-state index is 0.0747. The number of allylic oxidation sites excluding steroid dienone is 2. The van der Waals surface area contributed by atoms with Gasteiger partial charge in [-0.1, -0.05) is 36.4 Å². The molecule has 5 nitrogen and oxygen atoms in total. The van der Waals surface area contributed by atoms with Crippen LogP contribution in [-0.2, 0) is 18.4 Å². The van der Waals surface area contributed by atoms with Crippen LogP contribution >= 0.6 is 11.3 Å². The molecule has 0 bridgehead atoms. The van der Waals surface area contributed by atoms with Gasteiger partial charge < -0.3 is 9.88 Å². The van der Waals surface area contributed by atoms with Gasteiger partial charge in [0.1, 0.15) is 5.82 Å². The Labute approximate surface area is 173 Å². The molecule has 0 saturated carbocycles. The maximum atomic E-state index is 13.1. The lowest BCUT2D eigenvalue weighted by Gasteiger charge is -2.26. The summed E-state index contributed by atoms with van der Waals surface area (Å²) in [6.07, 6.45) is 5.88. The van der Waals surface area contributed by atoms with Crippen LogP contribution in [0.15, 0.2) is 60.7 Å². The van der Waals surface area contributed by atoms with Gasteiger partial charge in [0.2, 0.25) is 5.91 Å². The van der Waals surface area contributed by atoms with Gasteiger partial charge in [-0.15, -0.1) is 11.3 Å². The molecule has 1 N–H and O–H groups in total. The van der Waals surface area contributed by atoms with Crippen LogP contribution in [0.3, 0.4) is 0 Å². The van der Waals surface area contributed by atoms with E-state index in [-0.39, 0.29) is 17.7 Å². The Hall–Kier alpha value is -2.99. The maximum Gasteiger partial charge on any atom is 0.224 e. The van der Waals surface area contributed by atoms with Crippen molar-refractivity contribution in [3.05, 3.63) is 71.5 Å². The number of hydrogen-bond acceptors (Lipinski definition) is 4. The number of rotatable bonds is 4. The predicted octanol–water partition coefficient (Wildman–Crippen LogP) is 4.55. The highest BCUT2D eigenvalue weighted by Gasteiger charge is 2.32. The van der Waals surface area contributed by atoms with E-state index in [1.165, 1.54) is 4.70 Å². The minimum Gasteiger partial charge on any atom is -0.349 e. The molecular formula is C23H22N4OS. The summed E-state index contributed by atoms with van der Waals surface area (Å²) < 4.78 is 3.22. The Bertz CT molecular complexity index is 1190. The second-order valence-electron chi connectivity index (χ2n) is 7.47. The molecule has 2 aromatic heterocycles. The van der Waals surface area contributed by atoms with Gasteiger partial charge in [0.25, 0.3) is 0 Å². The first-order valence-electron chi connectivity index (χ1n) is 9.89. The molecule has 1 aliphatic rings. The number of hydrogen-bond donors (Lipinski definition) is 1. The van der Waals surface area contributed by atoms with E-state index in [1.54, 1.807) is 11.3 Å². The maximum absolute atomic E-state index is 13.1. The molecule has 146 valence electrons. The van der Waals surface area contributed by atoms with Crippen molar-refractivity contribution in [3.63, 3.8) is 0 Å². The first-order valence-corrected chi connectivity index (χ1v) is 10.7. The third-order valence-electron chi connectivity index (χ3n) is 5.70. The van der Waals surface area contributed by atoms with E-state index >= 15 is 0 Å². The van der Waals surface area contributed by atoms with Crippen molar-refractivity contribution in [1.29, 1.82) is 0 Å². The molecule has 6 heteroatoms. The Morgan fingerprint density at radius 3 is 2.66 bits per heavy atom. The number of thiazole rings is 1. The first-order chi connectivity index (χ1) is 14.2. The van der Waals surface area contributed by atoms with Gasteiger partial charge in [-0.25, -0.2) is 9.97 Å². The lowest BCUT2D eigenvalue weighted by molar-refractivity contribution is -0.126. The van der Waals surface area contributed by atoms with Gasteiger partial charge in [-0.05, 0) is 37.1 Å². The zero-order valence-electron chi connectivity index (χ0n) is 16.2. The van der Waals surface area contributed by atoms with E-state index in [9.17, 15) is 4.79 Å².